The Kier molecular flexibility index (Phi) is 8.19. The van der Waals surface area contributed by atoms with Gasteiger partial charge in [-0.1, -0.05) is 140 Å². The van der Waals surface area contributed by atoms with E-state index in [2.05, 4.69) is 126 Å². The van der Waals surface area contributed by atoms with Crippen molar-refractivity contribution >= 4 is 55.0 Å². The van der Waals surface area contributed by atoms with Crippen molar-refractivity contribution in [2.75, 3.05) is 0 Å². The van der Waals surface area contributed by atoms with Crippen molar-refractivity contribution in [1.29, 1.82) is 0 Å². The number of hydrogen-bond donors (Lipinski definition) is 1. The summed E-state index contributed by atoms with van der Waals surface area (Å²) in [5.41, 5.74) is 17.1. The van der Waals surface area contributed by atoms with Crippen LogP contribution in [0.25, 0.3) is 59.4 Å². The molecule has 0 spiro atoms. The van der Waals surface area contributed by atoms with E-state index >= 15 is 0 Å². The number of amidine groups is 2. The Hall–Kier alpha value is -6.63. The molecule has 0 bridgehead atoms. The largest absolute Gasteiger partial charge is 0.383 e. The van der Waals surface area contributed by atoms with Crippen LogP contribution in [0.2, 0.25) is 0 Å². The molecule has 2 N–H and O–H groups in total. The zero-order chi connectivity index (χ0) is 34.9. The number of nitrogens with two attached hydrogens (primary N) is 1. The highest BCUT2D eigenvalue weighted by Crippen LogP contribution is 2.40. The average Bonchev–Trinajstić information content (AvgIpc) is 3.80. The molecule has 2 heterocycles. The fourth-order valence-corrected chi connectivity index (χ4v) is 7.80. The maximum absolute atomic E-state index is 6.50. The van der Waals surface area contributed by atoms with E-state index in [-0.39, 0.29) is 0 Å². The van der Waals surface area contributed by atoms with Crippen LogP contribution < -0.4 is 5.73 Å². The summed E-state index contributed by atoms with van der Waals surface area (Å²) in [5, 5.41) is 3.44. The van der Waals surface area contributed by atoms with Gasteiger partial charge in [-0.3, -0.25) is 4.99 Å². The maximum Gasteiger partial charge on any atom is 0.157 e. The first-order valence-corrected chi connectivity index (χ1v) is 18.1. The van der Waals surface area contributed by atoms with Crippen molar-refractivity contribution in [2.45, 2.75) is 6.54 Å². The van der Waals surface area contributed by atoms with Gasteiger partial charge in [0, 0.05) is 33.2 Å². The normalized spacial score (nSPS) is 12.2. The van der Waals surface area contributed by atoms with Gasteiger partial charge < -0.3 is 10.3 Å². The number of aliphatic imine (C=N–C) groups is 2. The van der Waals surface area contributed by atoms with Gasteiger partial charge in [-0.05, 0) is 53.1 Å². The Labute approximate surface area is 305 Å². The fraction of sp³-hybridized carbons (Fsp3) is 0.0217. The summed E-state index contributed by atoms with van der Waals surface area (Å²) >= 11 is 1.74. The molecule has 9 aromatic rings. The number of para-hydroxylation sites is 3. The molecule has 5 nitrogen and oxygen atoms in total. The summed E-state index contributed by atoms with van der Waals surface area (Å²) in [6.07, 6.45) is 0. The van der Waals surface area contributed by atoms with E-state index in [0.29, 0.717) is 18.2 Å². The van der Waals surface area contributed by atoms with Crippen LogP contribution in [-0.4, -0.2) is 21.2 Å². The first-order valence-electron chi connectivity index (χ1n) is 17.3. The molecule has 0 amide bonds. The number of nitrogens with zero attached hydrogens (tertiary/aromatic N) is 4. The van der Waals surface area contributed by atoms with Gasteiger partial charge in [0.2, 0.25) is 0 Å². The molecule has 52 heavy (non-hydrogen) atoms. The number of benzene rings is 7. The van der Waals surface area contributed by atoms with Crippen LogP contribution in [0.15, 0.2) is 186 Å². The summed E-state index contributed by atoms with van der Waals surface area (Å²) in [7, 11) is 0. The summed E-state index contributed by atoms with van der Waals surface area (Å²) in [6, 6.07) is 60.8. The Morgan fingerprint density at radius 2 is 1.33 bits per heavy atom. The highest BCUT2D eigenvalue weighted by molar-refractivity contribution is 7.21. The van der Waals surface area contributed by atoms with E-state index in [1.807, 2.05) is 54.6 Å². The van der Waals surface area contributed by atoms with Crippen molar-refractivity contribution in [2.24, 2.45) is 15.7 Å². The van der Waals surface area contributed by atoms with E-state index in [4.69, 9.17) is 20.7 Å². The van der Waals surface area contributed by atoms with Crippen LogP contribution in [0, 0.1) is 0 Å². The Morgan fingerprint density at radius 3 is 2.15 bits per heavy atom. The van der Waals surface area contributed by atoms with Crippen molar-refractivity contribution in [3.63, 3.8) is 0 Å². The molecule has 2 aromatic heterocycles. The van der Waals surface area contributed by atoms with Crippen molar-refractivity contribution in [1.82, 2.24) is 9.55 Å². The summed E-state index contributed by atoms with van der Waals surface area (Å²) in [4.78, 5) is 14.8. The molecule has 9 rings (SSSR count). The lowest BCUT2D eigenvalue weighted by molar-refractivity contribution is 1.06. The maximum atomic E-state index is 6.50. The molecule has 248 valence electrons. The predicted molar refractivity (Wildman–Crippen MR) is 219 cm³/mol. The first kappa shape index (κ1) is 31.4. The second-order valence-electron chi connectivity index (χ2n) is 12.7. The summed E-state index contributed by atoms with van der Waals surface area (Å²) in [6.45, 7) is 0.503. The highest BCUT2D eigenvalue weighted by Gasteiger charge is 2.19. The summed E-state index contributed by atoms with van der Waals surface area (Å²) in [5.74, 6) is 1.03. The van der Waals surface area contributed by atoms with Crippen LogP contribution in [0.1, 0.15) is 16.7 Å². The smallest absolute Gasteiger partial charge is 0.157 e. The number of aromatic nitrogens is 2. The molecule has 7 aromatic carbocycles. The van der Waals surface area contributed by atoms with Gasteiger partial charge in [0.05, 0.1) is 27.8 Å². The van der Waals surface area contributed by atoms with E-state index in [1.54, 1.807) is 11.3 Å². The molecule has 0 aliphatic rings. The van der Waals surface area contributed by atoms with Crippen LogP contribution >= 0.6 is 11.3 Å². The third kappa shape index (κ3) is 5.95. The summed E-state index contributed by atoms with van der Waals surface area (Å²) < 4.78 is 3.57. The fourth-order valence-electron chi connectivity index (χ4n) is 6.81. The van der Waals surface area contributed by atoms with Gasteiger partial charge in [0.1, 0.15) is 10.8 Å². The van der Waals surface area contributed by atoms with Crippen molar-refractivity contribution < 1.29 is 0 Å². The van der Waals surface area contributed by atoms with E-state index in [9.17, 15) is 0 Å². The quantitative estimate of drug-likeness (QED) is 0.134. The molecule has 0 saturated heterocycles. The molecule has 6 heteroatoms. The predicted octanol–water partition coefficient (Wildman–Crippen LogP) is 11.1. The first-order chi connectivity index (χ1) is 25.7. The average molecular weight is 688 g/mol. The lowest BCUT2D eigenvalue weighted by Gasteiger charge is -2.12. The monoisotopic (exact) mass is 687 g/mol. The molecule has 0 aliphatic carbocycles. The van der Waals surface area contributed by atoms with Crippen molar-refractivity contribution in [3.8, 4) is 27.4 Å². The number of thiazole rings is 1. The number of hydrogen-bond acceptors (Lipinski definition) is 3. The molecular weight excluding hydrogens is 655 g/mol. The lowest BCUT2D eigenvalue weighted by atomic mass is 10.0. The third-order valence-electron chi connectivity index (χ3n) is 9.35. The van der Waals surface area contributed by atoms with Gasteiger partial charge in [0.25, 0.3) is 0 Å². The van der Waals surface area contributed by atoms with E-state index < -0.39 is 0 Å². The van der Waals surface area contributed by atoms with Crippen LogP contribution in [0.5, 0.6) is 0 Å². The molecule has 0 radical (unpaired) electrons. The molecule has 0 unspecified atom stereocenters. The zero-order valence-corrected chi connectivity index (χ0v) is 29.0. The van der Waals surface area contributed by atoms with Crippen LogP contribution in [0.4, 0.5) is 0 Å². The number of rotatable bonds is 7. The topological polar surface area (TPSA) is 68.6 Å². The molecular formula is C46H33N5S. The second-order valence-corrected chi connectivity index (χ2v) is 13.7. The molecule has 0 saturated carbocycles. The van der Waals surface area contributed by atoms with Gasteiger partial charge in [-0.2, -0.15) is 0 Å². The SMILES string of the molecule is NC(=NC(=NCc1ccccc1)c1ccc(-c2cccc(-n3c4ccccc4c4cccc(-c5nc6ccccc6s5)c43)c2)cc1)c1ccccc1. The Bertz CT molecular complexity index is 2730. The molecule has 0 atom stereocenters. The minimum Gasteiger partial charge on any atom is -0.383 e. The third-order valence-corrected chi connectivity index (χ3v) is 10.4. The second kappa shape index (κ2) is 13.6. The molecule has 0 fully saturated rings. The van der Waals surface area contributed by atoms with Gasteiger partial charge in [-0.15, -0.1) is 11.3 Å². The Balaban J connectivity index is 1.12. The van der Waals surface area contributed by atoms with Crippen molar-refractivity contribution in [3.05, 3.63) is 193 Å². The Morgan fingerprint density at radius 1 is 0.615 bits per heavy atom. The van der Waals surface area contributed by atoms with Gasteiger partial charge in [0.15, 0.2) is 5.84 Å². The minimum atomic E-state index is 0.431. The zero-order valence-electron chi connectivity index (χ0n) is 28.2. The molecule has 0 aliphatic heterocycles. The van der Waals surface area contributed by atoms with E-state index in [1.165, 1.54) is 15.5 Å². The lowest BCUT2D eigenvalue weighted by Crippen LogP contribution is -2.16. The van der Waals surface area contributed by atoms with Gasteiger partial charge in [-0.25, -0.2) is 9.98 Å². The van der Waals surface area contributed by atoms with Crippen LogP contribution in [0.3, 0.4) is 0 Å². The standard InChI is InChI=1S/C46H33N5S/c47-44(33-15-5-2-6-16-33)50-45(48-30-31-13-3-1-4-14-31)34-27-25-32(26-28-34)35-17-11-18-36(29-35)51-41-23-9-7-19-37(41)38-20-12-21-39(43(38)51)46-49-40-22-8-10-24-42(40)52-46/h1-29H,30H2,(H2,47,48,50). The van der Waals surface area contributed by atoms with E-state index in [0.717, 1.165) is 60.6 Å². The van der Waals surface area contributed by atoms with Crippen LogP contribution in [-0.2, 0) is 6.54 Å². The minimum absolute atomic E-state index is 0.431. The van der Waals surface area contributed by atoms with Gasteiger partial charge >= 0.3 is 0 Å². The highest BCUT2D eigenvalue weighted by atomic mass is 32.1. The number of fused-ring (bicyclic) bond motifs is 4.